The number of urea groups is 1. The van der Waals surface area contributed by atoms with Crippen LogP contribution in [0, 0.1) is 5.92 Å². The number of carbonyl (C=O) groups is 1. The Bertz CT molecular complexity index is 214. The van der Waals surface area contributed by atoms with E-state index in [1.165, 1.54) is 12.1 Å². The van der Waals surface area contributed by atoms with Gasteiger partial charge in [-0.3, -0.25) is 5.01 Å². The SMILES string of the molecule is CN(C(N)=O)N1CCC(CN)C(F)C1. The number of hydrazine groups is 1. The van der Waals surface area contributed by atoms with Crippen LogP contribution in [0.2, 0.25) is 0 Å². The molecule has 14 heavy (non-hydrogen) atoms. The molecule has 6 heteroatoms. The number of amides is 2. The second-order valence-corrected chi connectivity index (χ2v) is 3.57. The Labute approximate surface area is 82.8 Å². The van der Waals surface area contributed by atoms with Crippen LogP contribution in [0.3, 0.4) is 0 Å². The summed E-state index contributed by atoms with van der Waals surface area (Å²) in [4.78, 5) is 10.8. The van der Waals surface area contributed by atoms with Crippen molar-refractivity contribution in [3.63, 3.8) is 0 Å². The van der Waals surface area contributed by atoms with Crippen molar-refractivity contribution in [3.8, 4) is 0 Å². The maximum absolute atomic E-state index is 13.4. The van der Waals surface area contributed by atoms with E-state index >= 15 is 0 Å². The standard InChI is InChI=1S/C8H17FN4O/c1-12(8(11)14)13-3-2-6(4-10)7(9)5-13/h6-7H,2-5,10H2,1H3,(H2,11,14). The van der Waals surface area contributed by atoms with Crippen molar-refractivity contribution >= 4 is 6.03 Å². The molecule has 0 aromatic rings. The first-order valence-electron chi connectivity index (χ1n) is 4.68. The van der Waals surface area contributed by atoms with Gasteiger partial charge in [0.1, 0.15) is 6.17 Å². The van der Waals surface area contributed by atoms with Crippen molar-refractivity contribution in [1.29, 1.82) is 0 Å². The summed E-state index contributed by atoms with van der Waals surface area (Å²) < 4.78 is 13.4. The number of nitrogens with two attached hydrogens (primary N) is 2. The molecule has 2 amide bonds. The predicted octanol–water partition coefficient (Wildman–Crippen LogP) is -0.469. The summed E-state index contributed by atoms with van der Waals surface area (Å²) in [5.74, 6) is -0.0903. The first kappa shape index (κ1) is 11.2. The van der Waals surface area contributed by atoms with Gasteiger partial charge in [0.05, 0.1) is 0 Å². The highest BCUT2D eigenvalue weighted by Crippen LogP contribution is 2.20. The summed E-state index contributed by atoms with van der Waals surface area (Å²) in [6, 6.07) is -0.566. The molecule has 0 saturated carbocycles. The number of hydrogen-bond acceptors (Lipinski definition) is 3. The lowest BCUT2D eigenvalue weighted by Gasteiger charge is -2.38. The smallest absolute Gasteiger partial charge is 0.329 e. The summed E-state index contributed by atoms with van der Waals surface area (Å²) in [5, 5.41) is 2.86. The van der Waals surface area contributed by atoms with E-state index in [1.807, 2.05) is 0 Å². The van der Waals surface area contributed by atoms with Gasteiger partial charge < -0.3 is 11.5 Å². The third-order valence-electron chi connectivity index (χ3n) is 2.70. The molecule has 0 spiro atoms. The minimum atomic E-state index is -0.976. The number of primary amides is 1. The molecule has 4 N–H and O–H groups in total. The summed E-state index contributed by atoms with van der Waals surface area (Å²) in [5.41, 5.74) is 10.5. The lowest BCUT2D eigenvalue weighted by Crippen LogP contribution is -2.54. The van der Waals surface area contributed by atoms with Crippen LogP contribution in [0.4, 0.5) is 9.18 Å². The molecule has 2 unspecified atom stereocenters. The molecule has 1 aliphatic heterocycles. The van der Waals surface area contributed by atoms with Gasteiger partial charge in [0.2, 0.25) is 0 Å². The van der Waals surface area contributed by atoms with E-state index in [9.17, 15) is 9.18 Å². The van der Waals surface area contributed by atoms with Crippen molar-refractivity contribution < 1.29 is 9.18 Å². The summed E-state index contributed by atoms with van der Waals surface area (Å²) in [6.45, 7) is 1.18. The highest BCUT2D eigenvalue weighted by molar-refractivity contribution is 5.71. The van der Waals surface area contributed by atoms with Crippen molar-refractivity contribution in [1.82, 2.24) is 10.0 Å². The molecule has 0 bridgehead atoms. The van der Waals surface area contributed by atoms with Crippen molar-refractivity contribution in [2.45, 2.75) is 12.6 Å². The number of rotatable bonds is 2. The molecule has 1 fully saturated rings. The molecule has 5 nitrogen and oxygen atoms in total. The van der Waals surface area contributed by atoms with Gasteiger partial charge in [0.25, 0.3) is 0 Å². The first-order valence-corrected chi connectivity index (χ1v) is 4.68. The Morgan fingerprint density at radius 2 is 2.36 bits per heavy atom. The van der Waals surface area contributed by atoms with E-state index in [0.29, 0.717) is 19.5 Å². The van der Waals surface area contributed by atoms with E-state index in [0.717, 1.165) is 0 Å². The van der Waals surface area contributed by atoms with Gasteiger partial charge in [-0.25, -0.2) is 14.2 Å². The number of piperidine rings is 1. The summed E-state index contributed by atoms with van der Waals surface area (Å²) in [7, 11) is 1.54. The normalized spacial score (nSPS) is 28.8. The van der Waals surface area contributed by atoms with E-state index in [2.05, 4.69) is 0 Å². The van der Waals surface area contributed by atoms with Gasteiger partial charge >= 0.3 is 6.03 Å². The lowest BCUT2D eigenvalue weighted by molar-refractivity contribution is -0.0261. The topological polar surface area (TPSA) is 75.6 Å². The van der Waals surface area contributed by atoms with Crippen LogP contribution < -0.4 is 11.5 Å². The summed E-state index contributed by atoms with van der Waals surface area (Å²) >= 11 is 0. The van der Waals surface area contributed by atoms with Crippen LogP contribution in [0.1, 0.15) is 6.42 Å². The first-order chi connectivity index (χ1) is 6.56. The molecule has 0 aromatic carbocycles. The number of carbonyl (C=O) groups excluding carboxylic acids is 1. The quantitative estimate of drug-likeness (QED) is 0.638. The van der Waals surface area contributed by atoms with Gasteiger partial charge in [0.15, 0.2) is 0 Å². The minimum Gasteiger partial charge on any atom is -0.350 e. The van der Waals surface area contributed by atoms with Gasteiger partial charge in [-0.15, -0.1) is 0 Å². The zero-order valence-electron chi connectivity index (χ0n) is 8.32. The van der Waals surface area contributed by atoms with E-state index < -0.39 is 12.2 Å². The van der Waals surface area contributed by atoms with Crippen LogP contribution in [-0.2, 0) is 0 Å². The monoisotopic (exact) mass is 204 g/mol. The van der Waals surface area contributed by atoms with Gasteiger partial charge in [0, 0.05) is 26.1 Å². The van der Waals surface area contributed by atoms with Crippen LogP contribution in [-0.4, -0.2) is 48.9 Å². The van der Waals surface area contributed by atoms with E-state index in [4.69, 9.17) is 11.5 Å². The number of halogens is 1. The van der Waals surface area contributed by atoms with Crippen LogP contribution in [0.5, 0.6) is 0 Å². The Morgan fingerprint density at radius 1 is 1.71 bits per heavy atom. The van der Waals surface area contributed by atoms with Crippen LogP contribution in [0.15, 0.2) is 0 Å². The fourth-order valence-electron chi connectivity index (χ4n) is 1.61. The Hall–Kier alpha value is -0.880. The van der Waals surface area contributed by atoms with Gasteiger partial charge in [-0.2, -0.15) is 0 Å². The third-order valence-corrected chi connectivity index (χ3v) is 2.70. The molecule has 1 saturated heterocycles. The fraction of sp³-hybridized carbons (Fsp3) is 0.875. The largest absolute Gasteiger partial charge is 0.350 e. The Kier molecular flexibility index (Phi) is 3.65. The molecule has 82 valence electrons. The molecule has 0 radical (unpaired) electrons. The Morgan fingerprint density at radius 3 is 2.79 bits per heavy atom. The van der Waals surface area contributed by atoms with E-state index in [-0.39, 0.29) is 12.5 Å². The lowest BCUT2D eigenvalue weighted by atomic mass is 9.96. The van der Waals surface area contributed by atoms with Gasteiger partial charge in [-0.1, -0.05) is 0 Å². The molecule has 2 atom stereocenters. The maximum atomic E-state index is 13.4. The summed E-state index contributed by atoms with van der Waals surface area (Å²) in [6.07, 6.45) is -0.314. The molecule has 0 aromatic heterocycles. The van der Waals surface area contributed by atoms with Crippen molar-refractivity contribution in [2.75, 3.05) is 26.7 Å². The number of nitrogens with zero attached hydrogens (tertiary/aromatic N) is 2. The second kappa shape index (κ2) is 4.56. The maximum Gasteiger partial charge on any atom is 0.329 e. The second-order valence-electron chi connectivity index (χ2n) is 3.57. The molecular weight excluding hydrogens is 187 g/mol. The predicted molar refractivity (Wildman–Crippen MR) is 51.0 cm³/mol. The molecule has 1 heterocycles. The average molecular weight is 204 g/mol. The van der Waals surface area contributed by atoms with Crippen molar-refractivity contribution in [3.05, 3.63) is 0 Å². The van der Waals surface area contributed by atoms with Crippen molar-refractivity contribution in [2.24, 2.45) is 17.4 Å². The molecular formula is C8H17FN4O. The zero-order chi connectivity index (χ0) is 10.7. The average Bonchev–Trinajstić information content (AvgIpc) is 2.16. The minimum absolute atomic E-state index is 0.0903. The molecule has 1 rings (SSSR count). The Balaban J connectivity index is 2.50. The van der Waals surface area contributed by atoms with Crippen LogP contribution in [0.25, 0.3) is 0 Å². The molecule has 1 aliphatic rings. The van der Waals surface area contributed by atoms with Crippen LogP contribution >= 0.6 is 0 Å². The molecule has 0 aliphatic carbocycles. The number of hydrogen-bond donors (Lipinski definition) is 2. The zero-order valence-corrected chi connectivity index (χ0v) is 8.32. The van der Waals surface area contributed by atoms with Gasteiger partial charge in [-0.05, 0) is 13.0 Å². The third kappa shape index (κ3) is 2.33. The fourth-order valence-corrected chi connectivity index (χ4v) is 1.61. The highest BCUT2D eigenvalue weighted by atomic mass is 19.1. The highest BCUT2D eigenvalue weighted by Gasteiger charge is 2.30. The number of alkyl halides is 1. The van der Waals surface area contributed by atoms with E-state index in [1.54, 1.807) is 5.01 Å².